The molecule has 0 bridgehead atoms. The minimum absolute atomic E-state index is 0.205. The third-order valence-corrected chi connectivity index (χ3v) is 8.75. The molecular weight excluding hydrogens is 558 g/mol. The van der Waals surface area contributed by atoms with Crippen LogP contribution >= 0.6 is 11.6 Å². The molecule has 210 valence electrons. The maximum absolute atomic E-state index is 12.8. The van der Waals surface area contributed by atoms with Crippen LogP contribution in [0.1, 0.15) is 41.5 Å². The molecule has 0 spiro atoms. The number of anilines is 1. The largest absolute Gasteiger partial charge is 0.478 e. The summed E-state index contributed by atoms with van der Waals surface area (Å²) in [7, 11) is -3.56. The number of imidazole rings is 1. The first-order valence-corrected chi connectivity index (χ1v) is 15.4. The van der Waals surface area contributed by atoms with Crippen molar-refractivity contribution >= 4 is 44.1 Å². The molecule has 1 aromatic heterocycles. The number of aryl methyl sites for hydroxylation is 1. The number of carboxylic acid groups (broad SMARTS) is 1. The van der Waals surface area contributed by atoms with Crippen molar-refractivity contribution in [1.29, 1.82) is 0 Å². The van der Waals surface area contributed by atoms with Gasteiger partial charge in [-0.3, -0.25) is 0 Å². The summed E-state index contributed by atoms with van der Waals surface area (Å²) < 4.78 is 27.9. The molecule has 5 aromatic rings. The molecule has 41 heavy (non-hydrogen) atoms. The maximum atomic E-state index is 12.8. The Kier molecular flexibility index (Phi) is 8.42. The molecule has 5 rings (SSSR count). The van der Waals surface area contributed by atoms with Gasteiger partial charge in [0.2, 0.25) is 0 Å². The highest BCUT2D eigenvalue weighted by atomic mass is 35.5. The molecule has 0 amide bonds. The summed E-state index contributed by atoms with van der Waals surface area (Å²) >= 11 is 5.91. The van der Waals surface area contributed by atoms with E-state index in [1.807, 2.05) is 54.6 Å². The summed E-state index contributed by atoms with van der Waals surface area (Å²) in [6.45, 7) is 2.72. The summed E-state index contributed by atoms with van der Waals surface area (Å²) in [5, 5.41) is 13.1. The van der Waals surface area contributed by atoms with Crippen molar-refractivity contribution in [2.45, 2.75) is 37.6 Å². The van der Waals surface area contributed by atoms with Gasteiger partial charge < -0.3 is 15.0 Å². The Morgan fingerprint density at radius 3 is 2.41 bits per heavy atom. The molecule has 0 fully saturated rings. The van der Waals surface area contributed by atoms with Gasteiger partial charge in [0, 0.05) is 23.7 Å². The van der Waals surface area contributed by atoms with E-state index in [4.69, 9.17) is 16.6 Å². The van der Waals surface area contributed by atoms with E-state index in [1.54, 1.807) is 24.3 Å². The first-order chi connectivity index (χ1) is 19.7. The van der Waals surface area contributed by atoms with Crippen LogP contribution in [0.5, 0.6) is 0 Å². The normalized spacial score (nSPS) is 11.6. The van der Waals surface area contributed by atoms with Crippen LogP contribution in [0, 0.1) is 0 Å². The quantitative estimate of drug-likeness (QED) is 0.168. The zero-order valence-electron chi connectivity index (χ0n) is 22.5. The molecular formula is C32H30ClN3O4S. The Labute approximate surface area is 244 Å². The van der Waals surface area contributed by atoms with Gasteiger partial charge in [0.25, 0.3) is 0 Å². The lowest BCUT2D eigenvalue weighted by Gasteiger charge is -2.12. The monoisotopic (exact) mass is 587 g/mol. The summed E-state index contributed by atoms with van der Waals surface area (Å²) in [6.07, 6.45) is 2.86. The first kappa shape index (κ1) is 28.4. The lowest BCUT2D eigenvalue weighted by molar-refractivity contribution is 0.0697. The number of carboxylic acids is 1. The Hall–Kier alpha value is -4.14. The number of sulfone groups is 1. The van der Waals surface area contributed by atoms with Gasteiger partial charge in [0.05, 0.1) is 21.5 Å². The van der Waals surface area contributed by atoms with Crippen LogP contribution in [0.3, 0.4) is 0 Å². The molecule has 0 atom stereocenters. The van der Waals surface area contributed by atoms with Crippen molar-refractivity contribution in [2.24, 2.45) is 0 Å². The molecule has 1 heterocycles. The fourth-order valence-corrected chi connectivity index (χ4v) is 5.98. The zero-order chi connectivity index (χ0) is 29.0. The number of aromatic nitrogens is 2. The van der Waals surface area contributed by atoms with Crippen molar-refractivity contribution in [3.8, 4) is 11.1 Å². The second kappa shape index (κ2) is 12.2. The number of fused-ring (bicyclic) bond motifs is 1. The van der Waals surface area contributed by atoms with Gasteiger partial charge in [-0.05, 0) is 71.6 Å². The second-order valence-electron chi connectivity index (χ2n) is 9.86. The van der Waals surface area contributed by atoms with Crippen molar-refractivity contribution in [1.82, 2.24) is 9.55 Å². The molecule has 4 aromatic carbocycles. The van der Waals surface area contributed by atoms with Crippen molar-refractivity contribution < 1.29 is 18.3 Å². The van der Waals surface area contributed by atoms with E-state index in [0.717, 1.165) is 47.2 Å². The minimum Gasteiger partial charge on any atom is -0.478 e. The van der Waals surface area contributed by atoms with Crippen LogP contribution in [0.4, 0.5) is 5.69 Å². The molecule has 0 radical (unpaired) electrons. The van der Waals surface area contributed by atoms with Crippen LogP contribution in [-0.4, -0.2) is 34.9 Å². The number of hydrogen-bond donors (Lipinski definition) is 2. The van der Waals surface area contributed by atoms with Gasteiger partial charge >= 0.3 is 5.97 Å². The topological polar surface area (TPSA) is 101 Å². The van der Waals surface area contributed by atoms with Crippen LogP contribution < -0.4 is 5.32 Å². The first-order valence-electron chi connectivity index (χ1n) is 13.4. The average molecular weight is 588 g/mol. The predicted molar refractivity (Wildman–Crippen MR) is 163 cm³/mol. The predicted octanol–water partition coefficient (Wildman–Crippen LogP) is 7.29. The van der Waals surface area contributed by atoms with E-state index in [-0.39, 0.29) is 16.3 Å². The molecule has 0 saturated carbocycles. The molecule has 9 heteroatoms. The molecule has 0 aliphatic carbocycles. The fraction of sp³-hybridized carbons (Fsp3) is 0.188. The van der Waals surface area contributed by atoms with Gasteiger partial charge in [0.1, 0.15) is 11.7 Å². The van der Waals surface area contributed by atoms with Gasteiger partial charge in [-0.2, -0.15) is 0 Å². The number of aromatic carboxylic acids is 1. The Morgan fingerprint density at radius 1 is 0.976 bits per heavy atom. The summed E-state index contributed by atoms with van der Waals surface area (Å²) in [5.74, 6) is -0.246. The number of nitrogens with one attached hydrogen (secondary N) is 1. The number of halogens is 1. The molecule has 0 unspecified atom stereocenters. The molecule has 0 saturated heterocycles. The molecule has 0 aliphatic heterocycles. The number of hydrogen-bond acceptors (Lipinski definition) is 5. The number of nitrogens with zero attached hydrogens (tertiary/aromatic N) is 2. The molecule has 7 nitrogen and oxygen atoms in total. The lowest BCUT2D eigenvalue weighted by Crippen LogP contribution is -2.14. The minimum atomic E-state index is -3.56. The summed E-state index contributed by atoms with van der Waals surface area (Å²) in [6, 6.07) is 26.7. The van der Waals surface area contributed by atoms with Crippen molar-refractivity contribution in [3.05, 3.63) is 113 Å². The van der Waals surface area contributed by atoms with E-state index in [9.17, 15) is 18.3 Å². The van der Waals surface area contributed by atoms with Gasteiger partial charge in [0.15, 0.2) is 9.84 Å². The third kappa shape index (κ3) is 6.45. The standard InChI is InChI=1S/C32H30ClN3O4S/c1-2-3-8-31-35-29-18-15-25(34-21-41(39,40)26-16-13-24(33)14-17-26)19-30(29)36(31)20-22-9-11-23(12-10-22)27-6-4-5-7-28(27)32(37)38/h4-7,9-19,34H,2-3,8,20-21H2,1H3,(H,37,38). The summed E-state index contributed by atoms with van der Waals surface area (Å²) in [5.41, 5.74) is 5.25. The molecule has 0 aliphatic rings. The third-order valence-electron chi connectivity index (χ3n) is 6.98. The number of rotatable bonds is 11. The van der Waals surface area contributed by atoms with Crippen molar-refractivity contribution in [3.63, 3.8) is 0 Å². The number of benzene rings is 4. The van der Waals surface area contributed by atoms with Crippen molar-refractivity contribution in [2.75, 3.05) is 11.2 Å². The molecule has 2 N–H and O–H groups in total. The average Bonchev–Trinajstić information content (AvgIpc) is 3.31. The number of unbranched alkanes of at least 4 members (excludes halogenated alkanes) is 1. The SMILES string of the molecule is CCCCc1nc2ccc(NCS(=O)(=O)c3ccc(Cl)cc3)cc2n1Cc1ccc(-c2ccccc2C(=O)O)cc1. The van der Waals surface area contributed by atoms with E-state index >= 15 is 0 Å². The Balaban J connectivity index is 1.42. The maximum Gasteiger partial charge on any atom is 0.336 e. The van der Waals surface area contributed by atoms with Gasteiger partial charge in [-0.15, -0.1) is 0 Å². The van der Waals surface area contributed by atoms with Gasteiger partial charge in [-0.25, -0.2) is 18.2 Å². The van der Waals surface area contributed by atoms with Crippen LogP contribution in [0.2, 0.25) is 5.02 Å². The summed E-state index contributed by atoms with van der Waals surface area (Å²) in [4.78, 5) is 16.8. The van der Waals surface area contributed by atoms with Gasteiger partial charge in [-0.1, -0.05) is 67.4 Å². The second-order valence-corrected chi connectivity index (χ2v) is 12.3. The van der Waals surface area contributed by atoms with Crippen LogP contribution in [0.15, 0.2) is 95.9 Å². The Bertz CT molecular complexity index is 1800. The smallest absolute Gasteiger partial charge is 0.336 e. The van der Waals surface area contributed by atoms with E-state index in [1.165, 1.54) is 12.1 Å². The van der Waals surface area contributed by atoms with Crippen LogP contribution in [-0.2, 0) is 22.8 Å². The van der Waals surface area contributed by atoms with Crippen LogP contribution in [0.25, 0.3) is 22.2 Å². The zero-order valence-corrected chi connectivity index (χ0v) is 24.1. The highest BCUT2D eigenvalue weighted by Crippen LogP contribution is 2.27. The fourth-order valence-electron chi connectivity index (χ4n) is 4.78. The van der Waals surface area contributed by atoms with E-state index < -0.39 is 15.8 Å². The van der Waals surface area contributed by atoms with E-state index in [0.29, 0.717) is 22.8 Å². The Morgan fingerprint density at radius 2 is 1.71 bits per heavy atom. The highest BCUT2D eigenvalue weighted by Gasteiger charge is 2.16. The number of carbonyl (C=O) groups is 1. The lowest BCUT2D eigenvalue weighted by atomic mass is 9.99. The highest BCUT2D eigenvalue weighted by molar-refractivity contribution is 7.91. The van der Waals surface area contributed by atoms with E-state index in [2.05, 4.69) is 16.8 Å².